The van der Waals surface area contributed by atoms with E-state index in [4.69, 9.17) is 0 Å². The van der Waals surface area contributed by atoms with Crippen LogP contribution < -0.4 is 0 Å². The molecule has 0 aromatic heterocycles. The highest BCUT2D eigenvalue weighted by atomic mass is 14.1. The molecule has 0 aliphatic carbocycles. The van der Waals surface area contributed by atoms with Gasteiger partial charge in [0.25, 0.3) is 0 Å². The van der Waals surface area contributed by atoms with Crippen LogP contribution in [0.2, 0.25) is 0 Å². The average Bonchev–Trinajstić information content (AvgIpc) is 3.01. The smallest absolute Gasteiger partial charge is 0.0443 e. The van der Waals surface area contributed by atoms with Crippen molar-refractivity contribution >= 4 is 0 Å². The minimum absolute atomic E-state index is 0.960. The molecule has 2 unspecified atom stereocenters. The van der Waals surface area contributed by atoms with E-state index in [2.05, 4.69) is 27.7 Å². The van der Waals surface area contributed by atoms with Crippen LogP contribution in [-0.4, -0.2) is 0 Å². The molecule has 0 heterocycles. The Morgan fingerprint density at radius 1 is 0.209 bits per heavy atom. The molecular formula is C43H88. The van der Waals surface area contributed by atoms with Gasteiger partial charge >= 0.3 is 0 Å². The van der Waals surface area contributed by atoms with Crippen molar-refractivity contribution in [2.45, 2.75) is 265 Å². The fraction of sp³-hybridized carbons (Fsp3) is 1.00. The van der Waals surface area contributed by atoms with Crippen molar-refractivity contribution in [2.24, 2.45) is 11.8 Å². The molecule has 0 saturated heterocycles. The average molecular weight is 605 g/mol. The Hall–Kier alpha value is 0. The largest absolute Gasteiger partial charge is 0.0654 e. The van der Waals surface area contributed by atoms with Crippen LogP contribution in [0.15, 0.2) is 0 Å². The van der Waals surface area contributed by atoms with Crippen molar-refractivity contribution in [3.8, 4) is 0 Å². The first-order valence-corrected chi connectivity index (χ1v) is 21.2. The Morgan fingerprint density at radius 3 is 0.512 bits per heavy atom. The van der Waals surface area contributed by atoms with Gasteiger partial charge in [-0.15, -0.1) is 0 Å². The summed E-state index contributed by atoms with van der Waals surface area (Å²) in [7, 11) is 0. The molecule has 260 valence electrons. The van der Waals surface area contributed by atoms with Crippen LogP contribution in [0.3, 0.4) is 0 Å². The number of unbranched alkanes of at least 4 members (excludes halogenated alkanes) is 30. The predicted molar refractivity (Wildman–Crippen MR) is 201 cm³/mol. The maximum atomic E-state index is 2.52. The molecule has 0 aromatic carbocycles. The van der Waals surface area contributed by atoms with Crippen LogP contribution in [0.5, 0.6) is 0 Å². The molecule has 0 bridgehead atoms. The van der Waals surface area contributed by atoms with Gasteiger partial charge in [0.05, 0.1) is 0 Å². The second-order valence-corrected chi connectivity index (χ2v) is 15.3. The van der Waals surface area contributed by atoms with Crippen LogP contribution in [0, 0.1) is 11.8 Å². The van der Waals surface area contributed by atoms with Crippen molar-refractivity contribution in [1.29, 1.82) is 0 Å². The van der Waals surface area contributed by atoms with Gasteiger partial charge in [-0.2, -0.15) is 0 Å². The summed E-state index contributed by atoms with van der Waals surface area (Å²) in [4.78, 5) is 0. The van der Waals surface area contributed by atoms with E-state index in [-0.39, 0.29) is 0 Å². The van der Waals surface area contributed by atoms with E-state index in [1.807, 2.05) is 0 Å². The summed E-state index contributed by atoms with van der Waals surface area (Å²) in [6.45, 7) is 9.65. The standard InChI is InChI=1S/C43H88/c1-5-7-9-11-13-15-17-18-19-20-21-22-23-24-26-28-31-35-39-43(4)41-37-33-29-32-36-40-42(3)38-34-30-27-25-16-14-12-10-8-6-2/h42-43H,5-41H2,1-4H3. The third-order valence-electron chi connectivity index (χ3n) is 10.5. The van der Waals surface area contributed by atoms with Crippen molar-refractivity contribution in [3.05, 3.63) is 0 Å². The quantitative estimate of drug-likeness (QED) is 0.0615. The summed E-state index contributed by atoms with van der Waals surface area (Å²) in [6.07, 6.45) is 54.6. The molecule has 0 rings (SSSR count). The molecule has 0 amide bonds. The molecule has 0 aromatic rings. The SMILES string of the molecule is CCCCCCCCCCCCCCCCCCCCC(C)CCCCCCCC(C)CCCCCCCCCCCC. The molecular weight excluding hydrogens is 516 g/mol. The van der Waals surface area contributed by atoms with Gasteiger partial charge in [-0.05, 0) is 11.8 Å². The van der Waals surface area contributed by atoms with Crippen LogP contribution in [0.4, 0.5) is 0 Å². The molecule has 0 N–H and O–H groups in total. The number of hydrogen-bond donors (Lipinski definition) is 0. The fourth-order valence-electron chi connectivity index (χ4n) is 7.18. The van der Waals surface area contributed by atoms with E-state index in [9.17, 15) is 0 Å². The van der Waals surface area contributed by atoms with Gasteiger partial charge in [-0.3, -0.25) is 0 Å². The van der Waals surface area contributed by atoms with Gasteiger partial charge in [0, 0.05) is 0 Å². The third kappa shape index (κ3) is 38.1. The summed E-state index contributed by atoms with van der Waals surface area (Å²) in [5, 5.41) is 0. The van der Waals surface area contributed by atoms with Crippen LogP contribution in [0.1, 0.15) is 265 Å². The van der Waals surface area contributed by atoms with Gasteiger partial charge in [0.15, 0.2) is 0 Å². The molecule has 43 heavy (non-hydrogen) atoms. The Kier molecular flexibility index (Phi) is 38.2. The molecule has 0 spiro atoms. The first-order chi connectivity index (χ1) is 21.2. The Balaban J connectivity index is 3.22. The summed E-state index contributed by atoms with van der Waals surface area (Å²) in [6, 6.07) is 0. The van der Waals surface area contributed by atoms with Crippen molar-refractivity contribution < 1.29 is 0 Å². The van der Waals surface area contributed by atoms with Crippen LogP contribution >= 0.6 is 0 Å². The molecule has 2 atom stereocenters. The number of hydrogen-bond acceptors (Lipinski definition) is 0. The second kappa shape index (κ2) is 38.2. The van der Waals surface area contributed by atoms with Crippen LogP contribution in [-0.2, 0) is 0 Å². The van der Waals surface area contributed by atoms with Gasteiger partial charge in [0.2, 0.25) is 0 Å². The maximum Gasteiger partial charge on any atom is -0.0443 e. The minimum Gasteiger partial charge on any atom is -0.0654 e. The van der Waals surface area contributed by atoms with E-state index in [0.717, 1.165) is 11.8 Å². The number of rotatable bonds is 38. The topological polar surface area (TPSA) is 0 Å². The lowest BCUT2D eigenvalue weighted by Crippen LogP contribution is -1.96. The lowest BCUT2D eigenvalue weighted by molar-refractivity contribution is 0.416. The van der Waals surface area contributed by atoms with Crippen molar-refractivity contribution in [2.75, 3.05) is 0 Å². The highest BCUT2D eigenvalue weighted by Crippen LogP contribution is 2.21. The van der Waals surface area contributed by atoms with E-state index in [1.54, 1.807) is 0 Å². The molecule has 0 heteroatoms. The van der Waals surface area contributed by atoms with Gasteiger partial charge < -0.3 is 0 Å². The van der Waals surface area contributed by atoms with Crippen molar-refractivity contribution in [1.82, 2.24) is 0 Å². The Labute approximate surface area is 276 Å². The van der Waals surface area contributed by atoms with Crippen LogP contribution in [0.25, 0.3) is 0 Å². The zero-order chi connectivity index (χ0) is 31.3. The first-order valence-electron chi connectivity index (χ1n) is 21.2. The van der Waals surface area contributed by atoms with Crippen molar-refractivity contribution in [3.63, 3.8) is 0 Å². The fourth-order valence-corrected chi connectivity index (χ4v) is 7.18. The van der Waals surface area contributed by atoms with Gasteiger partial charge in [0.1, 0.15) is 0 Å². The van der Waals surface area contributed by atoms with E-state index >= 15 is 0 Å². The highest BCUT2D eigenvalue weighted by Gasteiger charge is 2.04. The summed E-state index contributed by atoms with van der Waals surface area (Å²) >= 11 is 0. The summed E-state index contributed by atoms with van der Waals surface area (Å²) in [5.41, 5.74) is 0. The molecule has 0 aliphatic heterocycles. The molecule has 0 saturated carbocycles. The third-order valence-corrected chi connectivity index (χ3v) is 10.5. The molecule has 0 nitrogen and oxygen atoms in total. The normalized spacial score (nSPS) is 13.1. The zero-order valence-corrected chi connectivity index (χ0v) is 31.3. The second-order valence-electron chi connectivity index (χ2n) is 15.3. The first kappa shape index (κ1) is 43.0. The van der Waals surface area contributed by atoms with Gasteiger partial charge in [-0.25, -0.2) is 0 Å². The van der Waals surface area contributed by atoms with Gasteiger partial charge in [-0.1, -0.05) is 265 Å². The molecule has 0 aliphatic rings. The Morgan fingerprint density at radius 2 is 0.349 bits per heavy atom. The lowest BCUT2D eigenvalue weighted by atomic mass is 9.94. The summed E-state index contributed by atoms with van der Waals surface area (Å²) in [5.74, 6) is 1.92. The van der Waals surface area contributed by atoms with E-state index in [0.29, 0.717) is 0 Å². The lowest BCUT2D eigenvalue weighted by Gasteiger charge is -2.12. The Bertz CT molecular complexity index is 467. The maximum absolute atomic E-state index is 2.52. The predicted octanol–water partition coefficient (Wildman–Crippen LogP) is 16.7. The van der Waals surface area contributed by atoms with E-state index in [1.165, 1.54) is 238 Å². The minimum atomic E-state index is 0.960. The zero-order valence-electron chi connectivity index (χ0n) is 31.3. The monoisotopic (exact) mass is 605 g/mol. The molecule has 0 fully saturated rings. The summed E-state index contributed by atoms with van der Waals surface area (Å²) < 4.78 is 0. The highest BCUT2D eigenvalue weighted by molar-refractivity contribution is 4.58. The van der Waals surface area contributed by atoms with E-state index < -0.39 is 0 Å². The molecule has 0 radical (unpaired) electrons.